The third-order valence-corrected chi connectivity index (χ3v) is 4.76. The first-order valence-electron chi connectivity index (χ1n) is 6.77. The molecule has 0 aliphatic rings. The molecule has 0 amide bonds. The van der Waals surface area contributed by atoms with E-state index >= 15 is 0 Å². The number of aromatic nitrogens is 2. The maximum atomic E-state index is 13.7. The maximum Gasteiger partial charge on any atom is 0.244 e. The van der Waals surface area contributed by atoms with Crippen LogP contribution in [0.4, 0.5) is 4.39 Å². The van der Waals surface area contributed by atoms with Crippen molar-refractivity contribution in [1.29, 1.82) is 0 Å². The minimum atomic E-state index is -3.71. The first kappa shape index (κ1) is 16.4. The molecule has 6 nitrogen and oxygen atoms in total. The molecule has 1 heterocycles. The van der Waals surface area contributed by atoms with Gasteiger partial charge in [-0.3, -0.25) is 5.10 Å². The highest BCUT2D eigenvalue weighted by Crippen LogP contribution is 2.20. The van der Waals surface area contributed by atoms with E-state index < -0.39 is 15.8 Å². The number of benzene rings is 1. The molecule has 1 aromatic carbocycles. The lowest BCUT2D eigenvalue weighted by atomic mass is 10.2. The molecule has 1 aromatic heterocycles. The minimum absolute atomic E-state index is 0.0181. The van der Waals surface area contributed by atoms with Crippen molar-refractivity contribution < 1.29 is 17.5 Å². The molecule has 120 valence electrons. The third kappa shape index (κ3) is 3.45. The Hall–Kier alpha value is -1.93. The molecule has 0 radical (unpaired) electrons. The summed E-state index contributed by atoms with van der Waals surface area (Å²) in [6.45, 7) is 5.34. The van der Waals surface area contributed by atoms with Crippen molar-refractivity contribution >= 4 is 10.0 Å². The second-order valence-corrected chi connectivity index (χ2v) is 6.49. The number of hydrogen-bond acceptors (Lipinski definition) is 4. The van der Waals surface area contributed by atoms with E-state index in [0.29, 0.717) is 23.6 Å². The van der Waals surface area contributed by atoms with E-state index in [1.54, 1.807) is 26.8 Å². The van der Waals surface area contributed by atoms with Gasteiger partial charge in [-0.1, -0.05) is 6.07 Å². The third-order valence-electron chi connectivity index (χ3n) is 3.09. The molecule has 0 aliphatic heterocycles. The standard InChI is InChI=1S/C14H18FN3O3S/c1-4-21-13-6-5-11(7-12(13)15)8-16-22(19,20)14-9(2)17-18-10(14)3/h5-7,16H,4,8H2,1-3H3,(H,17,18). The molecule has 2 aromatic rings. The van der Waals surface area contributed by atoms with E-state index in [2.05, 4.69) is 14.9 Å². The molecule has 22 heavy (non-hydrogen) atoms. The molecule has 0 saturated carbocycles. The summed E-state index contributed by atoms with van der Waals surface area (Å²) < 4.78 is 45.8. The Morgan fingerprint density at radius 2 is 2.09 bits per heavy atom. The highest BCUT2D eigenvalue weighted by Gasteiger charge is 2.21. The normalized spacial score (nSPS) is 11.6. The number of aryl methyl sites for hydroxylation is 2. The Balaban J connectivity index is 2.14. The number of nitrogens with one attached hydrogen (secondary N) is 2. The zero-order chi connectivity index (χ0) is 16.3. The summed E-state index contributed by atoms with van der Waals surface area (Å²) in [5.74, 6) is -0.371. The molecular weight excluding hydrogens is 309 g/mol. The van der Waals surface area contributed by atoms with E-state index in [1.807, 2.05) is 0 Å². The number of nitrogens with zero attached hydrogens (tertiary/aromatic N) is 1. The van der Waals surface area contributed by atoms with Crippen molar-refractivity contribution in [2.75, 3.05) is 6.61 Å². The monoisotopic (exact) mass is 327 g/mol. The van der Waals surface area contributed by atoms with Crippen LogP contribution in [-0.4, -0.2) is 25.2 Å². The van der Waals surface area contributed by atoms with Crippen LogP contribution >= 0.6 is 0 Å². The summed E-state index contributed by atoms with van der Waals surface area (Å²) in [5, 5.41) is 6.49. The molecule has 0 atom stereocenters. The second-order valence-electron chi connectivity index (χ2n) is 4.79. The van der Waals surface area contributed by atoms with Gasteiger partial charge < -0.3 is 4.74 Å². The molecule has 0 fully saturated rings. The average molecular weight is 327 g/mol. The van der Waals surface area contributed by atoms with Crippen LogP contribution in [0, 0.1) is 19.7 Å². The number of H-pyrrole nitrogens is 1. The lowest BCUT2D eigenvalue weighted by Gasteiger charge is -2.09. The molecule has 0 bridgehead atoms. The summed E-state index contributed by atoms with van der Waals surface area (Å²) in [5.41, 5.74) is 1.36. The van der Waals surface area contributed by atoms with Gasteiger partial charge in [0.2, 0.25) is 10.0 Å². The number of aromatic amines is 1. The minimum Gasteiger partial charge on any atom is -0.491 e. The van der Waals surface area contributed by atoms with Crippen LogP contribution in [0.3, 0.4) is 0 Å². The van der Waals surface area contributed by atoms with E-state index in [1.165, 1.54) is 12.1 Å². The highest BCUT2D eigenvalue weighted by atomic mass is 32.2. The fraction of sp³-hybridized carbons (Fsp3) is 0.357. The Morgan fingerprint density at radius 3 is 2.64 bits per heavy atom. The van der Waals surface area contributed by atoms with Gasteiger partial charge in [-0.25, -0.2) is 17.5 Å². The van der Waals surface area contributed by atoms with Crippen LogP contribution in [0.15, 0.2) is 23.1 Å². The van der Waals surface area contributed by atoms with Gasteiger partial charge in [0.25, 0.3) is 0 Å². The Morgan fingerprint density at radius 1 is 1.36 bits per heavy atom. The molecule has 0 saturated heterocycles. The van der Waals surface area contributed by atoms with Gasteiger partial charge in [0.15, 0.2) is 11.6 Å². The Bertz CT molecular complexity index is 752. The first-order valence-corrected chi connectivity index (χ1v) is 8.26. The van der Waals surface area contributed by atoms with E-state index in [4.69, 9.17) is 4.74 Å². The first-order chi connectivity index (χ1) is 10.3. The lowest BCUT2D eigenvalue weighted by molar-refractivity contribution is 0.321. The van der Waals surface area contributed by atoms with Gasteiger partial charge in [0, 0.05) is 6.54 Å². The molecule has 2 N–H and O–H groups in total. The number of halogens is 1. The van der Waals surface area contributed by atoms with Gasteiger partial charge in [-0.15, -0.1) is 0 Å². The van der Waals surface area contributed by atoms with Crippen LogP contribution in [0.25, 0.3) is 0 Å². The van der Waals surface area contributed by atoms with Crippen molar-refractivity contribution in [2.45, 2.75) is 32.2 Å². The molecule has 8 heteroatoms. The van der Waals surface area contributed by atoms with Crippen molar-refractivity contribution in [3.05, 3.63) is 41.0 Å². The SMILES string of the molecule is CCOc1ccc(CNS(=O)(=O)c2c(C)n[nH]c2C)cc1F. The summed E-state index contributed by atoms with van der Waals surface area (Å²) in [7, 11) is -3.71. The van der Waals surface area contributed by atoms with Crippen molar-refractivity contribution in [2.24, 2.45) is 0 Å². The van der Waals surface area contributed by atoms with Crippen LogP contribution in [0.5, 0.6) is 5.75 Å². The molecule has 0 aliphatic carbocycles. The van der Waals surface area contributed by atoms with Crippen LogP contribution in [0.2, 0.25) is 0 Å². The quantitative estimate of drug-likeness (QED) is 0.850. The van der Waals surface area contributed by atoms with Crippen LogP contribution in [-0.2, 0) is 16.6 Å². The zero-order valence-electron chi connectivity index (χ0n) is 12.6. The fourth-order valence-electron chi connectivity index (χ4n) is 2.11. The van der Waals surface area contributed by atoms with Gasteiger partial charge in [-0.2, -0.15) is 5.10 Å². The average Bonchev–Trinajstić information content (AvgIpc) is 2.79. The lowest BCUT2D eigenvalue weighted by Crippen LogP contribution is -2.24. The summed E-state index contributed by atoms with van der Waals surface area (Å²) in [6, 6.07) is 4.35. The summed E-state index contributed by atoms with van der Waals surface area (Å²) >= 11 is 0. The summed E-state index contributed by atoms with van der Waals surface area (Å²) in [4.78, 5) is 0.124. The topological polar surface area (TPSA) is 84.1 Å². The predicted molar refractivity (Wildman–Crippen MR) is 79.7 cm³/mol. The molecule has 2 rings (SSSR count). The number of hydrogen-bond donors (Lipinski definition) is 2. The Labute approximate surface area is 128 Å². The maximum absolute atomic E-state index is 13.7. The van der Waals surface area contributed by atoms with Crippen molar-refractivity contribution in [1.82, 2.24) is 14.9 Å². The van der Waals surface area contributed by atoms with Crippen molar-refractivity contribution in [3.63, 3.8) is 0 Å². The van der Waals surface area contributed by atoms with E-state index in [0.717, 1.165) is 0 Å². The van der Waals surface area contributed by atoms with E-state index in [-0.39, 0.29) is 17.2 Å². The smallest absolute Gasteiger partial charge is 0.244 e. The zero-order valence-corrected chi connectivity index (χ0v) is 13.4. The number of sulfonamides is 1. The largest absolute Gasteiger partial charge is 0.491 e. The Kier molecular flexibility index (Phi) is 4.82. The van der Waals surface area contributed by atoms with Gasteiger partial charge in [0.1, 0.15) is 4.90 Å². The number of ether oxygens (including phenoxy) is 1. The van der Waals surface area contributed by atoms with Crippen LogP contribution < -0.4 is 9.46 Å². The highest BCUT2D eigenvalue weighted by molar-refractivity contribution is 7.89. The molecule has 0 spiro atoms. The van der Waals surface area contributed by atoms with E-state index in [9.17, 15) is 12.8 Å². The second kappa shape index (κ2) is 6.45. The van der Waals surface area contributed by atoms with Crippen molar-refractivity contribution in [3.8, 4) is 5.75 Å². The van der Waals surface area contributed by atoms with Gasteiger partial charge >= 0.3 is 0 Å². The fourth-order valence-corrected chi connectivity index (χ4v) is 3.50. The van der Waals surface area contributed by atoms with Gasteiger partial charge in [0.05, 0.1) is 18.0 Å². The molecule has 0 unspecified atom stereocenters. The number of rotatable bonds is 6. The van der Waals surface area contributed by atoms with Gasteiger partial charge in [-0.05, 0) is 38.5 Å². The summed E-state index contributed by atoms with van der Waals surface area (Å²) in [6.07, 6.45) is 0. The predicted octanol–water partition coefficient (Wildman–Crippen LogP) is 2.04. The van der Waals surface area contributed by atoms with Crippen LogP contribution in [0.1, 0.15) is 23.9 Å². The molecular formula is C14H18FN3O3S.